The van der Waals surface area contributed by atoms with Gasteiger partial charge in [0.15, 0.2) is 0 Å². The van der Waals surface area contributed by atoms with E-state index in [1.54, 1.807) is 0 Å². The summed E-state index contributed by atoms with van der Waals surface area (Å²) in [5.74, 6) is 2.41. The number of hydrogen-bond acceptors (Lipinski definition) is 6. The number of nitrogens with two attached hydrogens (primary N) is 1. The fourth-order valence-electron chi connectivity index (χ4n) is 4.48. The second-order valence-corrected chi connectivity index (χ2v) is 8.58. The topological polar surface area (TPSA) is 74.2 Å². The highest BCUT2D eigenvalue weighted by atomic mass is 15.3. The van der Waals surface area contributed by atoms with E-state index < -0.39 is 0 Å². The van der Waals surface area contributed by atoms with Gasteiger partial charge in [0.05, 0.1) is 31.7 Å². The van der Waals surface area contributed by atoms with Crippen LogP contribution >= 0.6 is 0 Å². The minimum absolute atomic E-state index is 0.109. The number of benzene rings is 1. The fraction of sp³-hybridized carbons (Fsp3) is 0.458. The van der Waals surface area contributed by atoms with E-state index in [-0.39, 0.29) is 6.04 Å². The first-order chi connectivity index (χ1) is 14.9. The van der Waals surface area contributed by atoms with Gasteiger partial charge in [0.25, 0.3) is 5.82 Å². The Balaban J connectivity index is 1.83. The Labute approximate surface area is 184 Å². The molecule has 1 saturated heterocycles. The van der Waals surface area contributed by atoms with Gasteiger partial charge in [-0.15, -0.1) is 0 Å². The molecule has 3 N–H and O–H groups in total. The molecular formula is C24H34N7+. The molecule has 1 aliphatic heterocycles. The molecule has 7 heteroatoms. The second kappa shape index (κ2) is 8.67. The van der Waals surface area contributed by atoms with E-state index in [0.717, 1.165) is 49.7 Å². The van der Waals surface area contributed by atoms with Crippen LogP contribution in [0.4, 0.5) is 17.6 Å². The van der Waals surface area contributed by atoms with Crippen LogP contribution in [0.1, 0.15) is 36.2 Å². The highest BCUT2D eigenvalue weighted by Crippen LogP contribution is 2.32. The third-order valence-electron chi connectivity index (χ3n) is 6.49. The van der Waals surface area contributed by atoms with Crippen molar-refractivity contribution in [1.82, 2.24) is 14.9 Å². The van der Waals surface area contributed by atoms with Crippen molar-refractivity contribution >= 4 is 28.5 Å². The number of rotatable bonds is 5. The summed E-state index contributed by atoms with van der Waals surface area (Å²) in [6.45, 7) is 10.4. The zero-order valence-electron chi connectivity index (χ0n) is 19.3. The molecule has 2 aromatic heterocycles. The lowest BCUT2D eigenvalue weighted by Gasteiger charge is -2.31. The van der Waals surface area contributed by atoms with Crippen LogP contribution in [0.25, 0.3) is 10.9 Å². The average Bonchev–Trinajstić information content (AvgIpc) is 2.76. The van der Waals surface area contributed by atoms with Gasteiger partial charge in [-0.3, -0.25) is 9.80 Å². The number of para-hydroxylation sites is 1. The molecule has 0 aliphatic carbocycles. The lowest BCUT2D eigenvalue weighted by atomic mass is 10.0. The number of nitrogens with zero attached hydrogens (tertiary/aromatic N) is 5. The Kier molecular flexibility index (Phi) is 5.96. The molecule has 1 aromatic carbocycles. The molecule has 4 rings (SSSR count). The average molecular weight is 421 g/mol. The number of nitrogens with one attached hydrogen (secondary N) is 1. The summed E-state index contributed by atoms with van der Waals surface area (Å²) in [5.41, 5.74) is 10.5. The molecule has 7 nitrogen and oxygen atoms in total. The van der Waals surface area contributed by atoms with Crippen LogP contribution < -0.4 is 20.5 Å². The maximum Gasteiger partial charge on any atom is 0.282 e. The smallest absolute Gasteiger partial charge is 0.282 e. The number of aryl methyl sites for hydroxylation is 2. The van der Waals surface area contributed by atoms with Crippen LogP contribution in [0.15, 0.2) is 30.3 Å². The van der Waals surface area contributed by atoms with E-state index in [4.69, 9.17) is 5.73 Å². The predicted octanol–water partition coefficient (Wildman–Crippen LogP) is 2.97. The van der Waals surface area contributed by atoms with Crippen molar-refractivity contribution in [3.63, 3.8) is 0 Å². The summed E-state index contributed by atoms with van der Waals surface area (Å²) < 4.78 is 2.35. The monoisotopic (exact) mass is 420 g/mol. The molecule has 0 spiro atoms. The summed E-state index contributed by atoms with van der Waals surface area (Å²) in [4.78, 5) is 13.7. The normalized spacial score (nSPS) is 16.0. The Hall–Kier alpha value is -2.93. The molecular weight excluding hydrogens is 386 g/mol. The van der Waals surface area contributed by atoms with Crippen molar-refractivity contribution in [1.29, 1.82) is 0 Å². The molecule has 1 unspecified atom stereocenters. The number of pyridine rings is 1. The Bertz CT molecular complexity index is 1090. The largest absolute Gasteiger partial charge is 0.368 e. The summed E-state index contributed by atoms with van der Waals surface area (Å²) in [5, 5.41) is 4.94. The van der Waals surface area contributed by atoms with E-state index >= 15 is 0 Å². The van der Waals surface area contributed by atoms with E-state index in [1.165, 1.54) is 22.3 Å². The molecule has 0 saturated carbocycles. The van der Waals surface area contributed by atoms with Crippen LogP contribution in [-0.2, 0) is 7.05 Å². The van der Waals surface area contributed by atoms with Crippen molar-refractivity contribution in [3.8, 4) is 0 Å². The molecule has 0 bridgehead atoms. The van der Waals surface area contributed by atoms with Crippen LogP contribution in [0.3, 0.4) is 0 Å². The molecule has 1 atom stereocenters. The molecule has 0 radical (unpaired) electrons. The third-order valence-corrected chi connectivity index (χ3v) is 6.49. The lowest BCUT2D eigenvalue weighted by molar-refractivity contribution is -0.632. The van der Waals surface area contributed by atoms with E-state index in [2.05, 4.69) is 81.0 Å². The number of likely N-dealkylation sites (N-methyl/N-ethyl adjacent to an activating group) is 1. The zero-order valence-corrected chi connectivity index (χ0v) is 19.3. The number of nitrogen functional groups attached to an aromatic ring is 1. The van der Waals surface area contributed by atoms with E-state index in [9.17, 15) is 0 Å². The predicted molar refractivity (Wildman–Crippen MR) is 127 cm³/mol. The summed E-state index contributed by atoms with van der Waals surface area (Å²) in [6.07, 6.45) is 0.932. The van der Waals surface area contributed by atoms with Crippen LogP contribution in [-0.4, -0.2) is 48.1 Å². The molecule has 1 aliphatic rings. The Morgan fingerprint density at radius 3 is 2.55 bits per heavy atom. The molecule has 3 heterocycles. The molecule has 31 heavy (non-hydrogen) atoms. The number of fused-ring (bicyclic) bond motifs is 1. The maximum absolute atomic E-state index is 5.96. The second-order valence-electron chi connectivity index (χ2n) is 8.58. The van der Waals surface area contributed by atoms with Crippen molar-refractivity contribution in [2.75, 3.05) is 49.2 Å². The van der Waals surface area contributed by atoms with Gasteiger partial charge in [-0.25, -0.2) is 9.55 Å². The minimum Gasteiger partial charge on any atom is -0.368 e. The van der Waals surface area contributed by atoms with Crippen molar-refractivity contribution in [2.45, 2.75) is 33.2 Å². The van der Waals surface area contributed by atoms with Gasteiger partial charge in [0.1, 0.15) is 11.3 Å². The molecule has 3 aromatic rings. The molecule has 164 valence electrons. The number of anilines is 3. The molecule has 0 amide bonds. The number of aromatic nitrogens is 3. The standard InChI is InChI=1S/C24H34N7/c1-6-20(27-22-16(2)17(3)26-24(25)28-22)19-15-18-9-7-8-10-21(18)30(5)23(19)31-13-11-29(4)12-14-31/h7-10,15,20H,6,11-14H2,1-5H3,(H3,25,26,27,28)/q+1. The van der Waals surface area contributed by atoms with Crippen LogP contribution in [0, 0.1) is 13.8 Å². The molecule has 1 fully saturated rings. The van der Waals surface area contributed by atoms with Gasteiger partial charge in [0.2, 0.25) is 5.95 Å². The van der Waals surface area contributed by atoms with Gasteiger partial charge in [0, 0.05) is 29.7 Å². The zero-order chi connectivity index (χ0) is 22.1. The van der Waals surface area contributed by atoms with Gasteiger partial charge < -0.3 is 11.1 Å². The summed E-state index contributed by atoms with van der Waals surface area (Å²) in [7, 11) is 4.38. The van der Waals surface area contributed by atoms with Gasteiger partial charge in [-0.05, 0) is 39.4 Å². The van der Waals surface area contributed by atoms with Crippen molar-refractivity contribution in [3.05, 3.63) is 47.2 Å². The first-order valence-electron chi connectivity index (χ1n) is 11.1. The number of hydrogen-bond donors (Lipinski definition) is 2. The first kappa shape index (κ1) is 21.3. The first-order valence-corrected chi connectivity index (χ1v) is 11.1. The van der Waals surface area contributed by atoms with E-state index in [1.807, 2.05) is 13.8 Å². The summed E-state index contributed by atoms with van der Waals surface area (Å²) >= 11 is 0. The number of piperazine rings is 1. The fourth-order valence-corrected chi connectivity index (χ4v) is 4.48. The Morgan fingerprint density at radius 1 is 1.13 bits per heavy atom. The summed E-state index contributed by atoms with van der Waals surface area (Å²) in [6, 6.07) is 11.1. The van der Waals surface area contributed by atoms with Gasteiger partial charge in [-0.1, -0.05) is 25.1 Å². The van der Waals surface area contributed by atoms with E-state index in [0.29, 0.717) is 5.95 Å². The Morgan fingerprint density at radius 2 is 1.84 bits per heavy atom. The van der Waals surface area contributed by atoms with Gasteiger partial charge in [-0.2, -0.15) is 4.98 Å². The van der Waals surface area contributed by atoms with Crippen LogP contribution in [0.2, 0.25) is 0 Å². The highest BCUT2D eigenvalue weighted by molar-refractivity contribution is 5.78. The minimum atomic E-state index is 0.109. The quantitative estimate of drug-likeness (QED) is 0.618. The van der Waals surface area contributed by atoms with Gasteiger partial charge >= 0.3 is 0 Å². The highest BCUT2D eigenvalue weighted by Gasteiger charge is 2.31. The van der Waals surface area contributed by atoms with Crippen molar-refractivity contribution < 1.29 is 4.57 Å². The maximum atomic E-state index is 5.96. The third kappa shape index (κ3) is 4.14. The lowest BCUT2D eigenvalue weighted by Crippen LogP contribution is -2.50. The van der Waals surface area contributed by atoms with Crippen LogP contribution in [0.5, 0.6) is 0 Å². The SMILES string of the molecule is CCC(Nc1nc(N)nc(C)c1C)c1cc2ccccc2[n+](C)c1N1CCN(C)CC1. The van der Waals surface area contributed by atoms with Crippen molar-refractivity contribution in [2.24, 2.45) is 7.05 Å².